The van der Waals surface area contributed by atoms with Crippen molar-refractivity contribution in [3.05, 3.63) is 60.6 Å². The monoisotopic (exact) mass is 376 g/mol. The van der Waals surface area contributed by atoms with Gasteiger partial charge in [-0.3, -0.25) is 9.69 Å². The predicted octanol–water partition coefficient (Wildman–Crippen LogP) is 2.08. The first kappa shape index (κ1) is 18.3. The van der Waals surface area contributed by atoms with Crippen molar-refractivity contribution in [3.63, 3.8) is 0 Å². The van der Waals surface area contributed by atoms with Gasteiger partial charge in [-0.2, -0.15) is 4.68 Å². The molecule has 1 N–H and O–H groups in total. The van der Waals surface area contributed by atoms with E-state index in [1.807, 2.05) is 48.5 Å². The molecule has 0 aliphatic carbocycles. The second-order valence-electron chi connectivity index (χ2n) is 7.16. The molecule has 7 heteroatoms. The SMILES string of the molecule is CC(C)N1CCNC(=O)C1Cc1nc(-c2ccccc2)nn1-c1ccccn1. The zero-order valence-electron chi connectivity index (χ0n) is 16.1. The van der Waals surface area contributed by atoms with Crippen LogP contribution in [0.2, 0.25) is 0 Å². The lowest BCUT2D eigenvalue weighted by Gasteiger charge is -2.37. The topological polar surface area (TPSA) is 75.9 Å². The molecule has 1 unspecified atom stereocenters. The van der Waals surface area contributed by atoms with Crippen molar-refractivity contribution in [2.75, 3.05) is 13.1 Å². The number of piperazine rings is 1. The van der Waals surface area contributed by atoms with Crippen LogP contribution in [0.4, 0.5) is 0 Å². The lowest BCUT2D eigenvalue weighted by atomic mass is 10.1. The van der Waals surface area contributed by atoms with E-state index in [2.05, 4.69) is 29.0 Å². The lowest BCUT2D eigenvalue weighted by molar-refractivity contribution is -0.130. The van der Waals surface area contributed by atoms with Gasteiger partial charge in [0.15, 0.2) is 11.6 Å². The molecule has 3 aromatic rings. The number of carbonyl (C=O) groups excluding carboxylic acids is 1. The van der Waals surface area contributed by atoms with Gasteiger partial charge in [-0.1, -0.05) is 36.4 Å². The van der Waals surface area contributed by atoms with Crippen molar-refractivity contribution < 1.29 is 4.79 Å². The van der Waals surface area contributed by atoms with E-state index < -0.39 is 0 Å². The second kappa shape index (κ2) is 7.90. The number of carbonyl (C=O) groups is 1. The highest BCUT2D eigenvalue weighted by Gasteiger charge is 2.33. The van der Waals surface area contributed by atoms with Crippen LogP contribution in [0.5, 0.6) is 0 Å². The summed E-state index contributed by atoms with van der Waals surface area (Å²) < 4.78 is 1.75. The minimum Gasteiger partial charge on any atom is -0.353 e. The Hall–Kier alpha value is -3.06. The average Bonchev–Trinajstić information content (AvgIpc) is 3.14. The van der Waals surface area contributed by atoms with Gasteiger partial charge in [0, 0.05) is 37.3 Å². The Balaban J connectivity index is 1.74. The quantitative estimate of drug-likeness (QED) is 0.738. The van der Waals surface area contributed by atoms with E-state index in [0.29, 0.717) is 24.6 Å². The Morgan fingerprint density at radius 2 is 1.93 bits per heavy atom. The molecule has 1 aliphatic heterocycles. The molecule has 1 saturated heterocycles. The maximum Gasteiger partial charge on any atom is 0.237 e. The Labute approximate surface area is 164 Å². The Kier molecular flexibility index (Phi) is 5.16. The highest BCUT2D eigenvalue weighted by atomic mass is 16.2. The van der Waals surface area contributed by atoms with E-state index in [9.17, 15) is 4.79 Å². The number of amides is 1. The summed E-state index contributed by atoms with van der Waals surface area (Å²) in [5, 5.41) is 7.69. The molecule has 2 aromatic heterocycles. The molecule has 7 nitrogen and oxygen atoms in total. The first-order valence-corrected chi connectivity index (χ1v) is 9.59. The molecule has 1 atom stereocenters. The van der Waals surface area contributed by atoms with Crippen LogP contribution >= 0.6 is 0 Å². The molecule has 4 rings (SSSR count). The first-order valence-electron chi connectivity index (χ1n) is 9.59. The maximum atomic E-state index is 12.6. The van der Waals surface area contributed by atoms with E-state index in [-0.39, 0.29) is 18.0 Å². The molecule has 1 aromatic carbocycles. The van der Waals surface area contributed by atoms with Gasteiger partial charge in [0.1, 0.15) is 5.82 Å². The fraction of sp³-hybridized carbons (Fsp3) is 0.333. The third-order valence-corrected chi connectivity index (χ3v) is 4.98. The van der Waals surface area contributed by atoms with Crippen LogP contribution < -0.4 is 5.32 Å². The van der Waals surface area contributed by atoms with Crippen LogP contribution in [0, 0.1) is 0 Å². The number of aromatic nitrogens is 4. The summed E-state index contributed by atoms with van der Waals surface area (Å²) in [7, 11) is 0. The van der Waals surface area contributed by atoms with Crippen molar-refractivity contribution in [1.82, 2.24) is 30.0 Å². The van der Waals surface area contributed by atoms with Crippen molar-refractivity contribution in [2.24, 2.45) is 0 Å². The van der Waals surface area contributed by atoms with Crippen molar-refractivity contribution in [3.8, 4) is 17.2 Å². The van der Waals surface area contributed by atoms with Gasteiger partial charge >= 0.3 is 0 Å². The third kappa shape index (κ3) is 3.66. The second-order valence-corrected chi connectivity index (χ2v) is 7.16. The minimum atomic E-state index is -0.274. The summed E-state index contributed by atoms with van der Waals surface area (Å²) in [4.78, 5) is 24.0. The molecule has 144 valence electrons. The first-order chi connectivity index (χ1) is 13.6. The lowest BCUT2D eigenvalue weighted by Crippen LogP contribution is -2.58. The number of benzene rings is 1. The highest BCUT2D eigenvalue weighted by Crippen LogP contribution is 2.20. The van der Waals surface area contributed by atoms with Crippen molar-refractivity contribution in [1.29, 1.82) is 0 Å². The Bertz CT molecular complexity index is 938. The summed E-state index contributed by atoms with van der Waals surface area (Å²) in [6.07, 6.45) is 2.21. The van der Waals surface area contributed by atoms with Crippen LogP contribution in [-0.4, -0.2) is 55.7 Å². The molecule has 28 heavy (non-hydrogen) atoms. The minimum absolute atomic E-state index is 0.0387. The van der Waals surface area contributed by atoms with Gasteiger partial charge in [-0.05, 0) is 26.0 Å². The Morgan fingerprint density at radius 1 is 1.14 bits per heavy atom. The van der Waals surface area contributed by atoms with Crippen molar-refractivity contribution in [2.45, 2.75) is 32.4 Å². The fourth-order valence-electron chi connectivity index (χ4n) is 3.58. The zero-order valence-corrected chi connectivity index (χ0v) is 16.1. The number of nitrogens with one attached hydrogen (secondary N) is 1. The maximum absolute atomic E-state index is 12.6. The van der Waals surface area contributed by atoms with Crippen LogP contribution in [-0.2, 0) is 11.2 Å². The predicted molar refractivity (Wildman–Crippen MR) is 107 cm³/mol. The Morgan fingerprint density at radius 3 is 2.64 bits per heavy atom. The van der Waals surface area contributed by atoms with E-state index in [1.165, 1.54) is 0 Å². The van der Waals surface area contributed by atoms with Gasteiger partial charge in [-0.15, -0.1) is 5.10 Å². The highest BCUT2D eigenvalue weighted by molar-refractivity contribution is 5.82. The fourth-order valence-corrected chi connectivity index (χ4v) is 3.58. The molecule has 1 aliphatic rings. The summed E-state index contributed by atoms with van der Waals surface area (Å²) in [6.45, 7) is 5.74. The summed E-state index contributed by atoms with van der Waals surface area (Å²) in [5.41, 5.74) is 0.937. The van der Waals surface area contributed by atoms with Gasteiger partial charge in [0.05, 0.1) is 6.04 Å². The number of hydrogen-bond donors (Lipinski definition) is 1. The number of rotatable bonds is 5. The van der Waals surface area contributed by atoms with Crippen LogP contribution in [0.3, 0.4) is 0 Å². The van der Waals surface area contributed by atoms with E-state index in [4.69, 9.17) is 10.1 Å². The van der Waals surface area contributed by atoms with Crippen LogP contribution in [0.1, 0.15) is 19.7 Å². The van der Waals surface area contributed by atoms with Gasteiger partial charge < -0.3 is 5.32 Å². The molecule has 1 amide bonds. The van der Waals surface area contributed by atoms with E-state index in [1.54, 1.807) is 10.9 Å². The van der Waals surface area contributed by atoms with Crippen LogP contribution in [0.15, 0.2) is 54.7 Å². The normalized spacial score (nSPS) is 17.7. The largest absolute Gasteiger partial charge is 0.353 e. The average molecular weight is 376 g/mol. The molecule has 0 bridgehead atoms. The molecule has 0 saturated carbocycles. The smallest absolute Gasteiger partial charge is 0.237 e. The summed E-state index contributed by atoms with van der Waals surface area (Å²) in [6, 6.07) is 15.5. The standard InChI is InChI=1S/C21H24N6O/c1-15(2)26-13-12-23-21(28)17(26)14-19-24-20(16-8-4-3-5-9-16)25-27(19)18-10-6-7-11-22-18/h3-11,15,17H,12-14H2,1-2H3,(H,23,28). The number of pyridine rings is 1. The van der Waals surface area contributed by atoms with Crippen LogP contribution in [0.25, 0.3) is 17.2 Å². The molecular weight excluding hydrogens is 352 g/mol. The molecule has 1 fully saturated rings. The molecule has 0 radical (unpaired) electrons. The summed E-state index contributed by atoms with van der Waals surface area (Å²) in [5.74, 6) is 2.09. The molecular formula is C21H24N6O. The molecule has 0 spiro atoms. The number of hydrogen-bond acceptors (Lipinski definition) is 5. The van der Waals surface area contributed by atoms with E-state index in [0.717, 1.165) is 17.9 Å². The van der Waals surface area contributed by atoms with E-state index >= 15 is 0 Å². The summed E-state index contributed by atoms with van der Waals surface area (Å²) >= 11 is 0. The third-order valence-electron chi connectivity index (χ3n) is 4.98. The zero-order chi connectivity index (χ0) is 19.5. The molecule has 3 heterocycles. The van der Waals surface area contributed by atoms with Gasteiger partial charge in [-0.25, -0.2) is 9.97 Å². The number of nitrogens with zero attached hydrogens (tertiary/aromatic N) is 5. The van der Waals surface area contributed by atoms with Gasteiger partial charge in [0.2, 0.25) is 5.91 Å². The van der Waals surface area contributed by atoms with Gasteiger partial charge in [0.25, 0.3) is 0 Å². The van der Waals surface area contributed by atoms with Crippen molar-refractivity contribution >= 4 is 5.91 Å².